The molecule has 0 amide bonds. The fourth-order valence-corrected chi connectivity index (χ4v) is 2.57. The average molecular weight is 182 g/mol. The molecule has 1 aliphatic carbocycles. The molecule has 0 atom stereocenters. The Morgan fingerprint density at radius 1 is 1.33 bits per heavy atom. The fourth-order valence-electron chi connectivity index (χ4n) is 1.95. The highest BCUT2D eigenvalue weighted by atomic mass is 32.1. The van der Waals surface area contributed by atoms with Gasteiger partial charge in [0.25, 0.3) is 0 Å². The highest BCUT2D eigenvalue weighted by Gasteiger charge is 2.19. The van der Waals surface area contributed by atoms with Crippen LogP contribution in [0.3, 0.4) is 0 Å². The summed E-state index contributed by atoms with van der Waals surface area (Å²) in [6.07, 6.45) is 6.66. The van der Waals surface area contributed by atoms with Gasteiger partial charge in [-0.25, -0.2) is 4.98 Å². The molecule has 1 heterocycles. The Bertz CT molecular complexity index is 251. The van der Waals surface area contributed by atoms with Crippen molar-refractivity contribution in [2.24, 2.45) is 0 Å². The van der Waals surface area contributed by atoms with Gasteiger partial charge in [-0.2, -0.15) is 0 Å². The molecule has 1 fully saturated rings. The predicted molar refractivity (Wildman–Crippen MR) is 52.4 cm³/mol. The lowest BCUT2D eigenvalue weighted by Crippen LogP contribution is -2.06. The van der Waals surface area contributed by atoms with Crippen molar-refractivity contribution >= 4 is 16.3 Å². The van der Waals surface area contributed by atoms with Gasteiger partial charge in [0.15, 0.2) is 0 Å². The smallest absolute Gasteiger partial charge is 0.109 e. The molecule has 2 rings (SSSR count). The first-order valence-corrected chi connectivity index (χ1v) is 5.45. The Labute approximate surface area is 76.8 Å². The third kappa shape index (κ3) is 1.46. The number of hydrogen-bond acceptors (Lipinski definition) is 3. The van der Waals surface area contributed by atoms with E-state index in [1.807, 2.05) is 5.51 Å². The molecule has 0 radical (unpaired) electrons. The first kappa shape index (κ1) is 8.05. The van der Waals surface area contributed by atoms with Crippen LogP contribution in [0.15, 0.2) is 5.51 Å². The summed E-state index contributed by atoms with van der Waals surface area (Å²) >= 11 is 1.56. The van der Waals surface area contributed by atoms with Crippen LogP contribution in [0.4, 0.5) is 5.00 Å². The average Bonchev–Trinajstić information content (AvgIpc) is 2.53. The highest BCUT2D eigenvalue weighted by Crippen LogP contribution is 2.35. The Hall–Kier alpha value is -0.570. The van der Waals surface area contributed by atoms with Crippen LogP contribution in [-0.4, -0.2) is 4.98 Å². The highest BCUT2D eigenvalue weighted by molar-refractivity contribution is 7.13. The minimum Gasteiger partial charge on any atom is -0.389 e. The summed E-state index contributed by atoms with van der Waals surface area (Å²) < 4.78 is 0. The van der Waals surface area contributed by atoms with E-state index in [1.165, 1.54) is 37.8 Å². The molecule has 1 saturated carbocycles. The van der Waals surface area contributed by atoms with Gasteiger partial charge in [-0.15, -0.1) is 11.3 Å². The Kier molecular flexibility index (Phi) is 2.30. The maximum absolute atomic E-state index is 5.83. The van der Waals surface area contributed by atoms with E-state index in [-0.39, 0.29) is 0 Å². The second-order valence-corrected chi connectivity index (χ2v) is 4.32. The van der Waals surface area contributed by atoms with Gasteiger partial charge in [0.05, 0.1) is 11.2 Å². The van der Waals surface area contributed by atoms with Crippen molar-refractivity contribution in [3.05, 3.63) is 11.2 Å². The van der Waals surface area contributed by atoms with Gasteiger partial charge in [-0.05, 0) is 12.8 Å². The zero-order valence-electron chi connectivity index (χ0n) is 7.12. The largest absolute Gasteiger partial charge is 0.389 e. The number of hydrogen-bond donors (Lipinski definition) is 1. The summed E-state index contributed by atoms with van der Waals surface area (Å²) in [5.41, 5.74) is 8.85. The van der Waals surface area contributed by atoms with E-state index in [9.17, 15) is 0 Å². The van der Waals surface area contributed by atoms with Gasteiger partial charge in [0, 0.05) is 5.92 Å². The minimum atomic E-state index is 0.657. The zero-order chi connectivity index (χ0) is 8.39. The number of aromatic nitrogens is 1. The topological polar surface area (TPSA) is 38.9 Å². The predicted octanol–water partition coefficient (Wildman–Crippen LogP) is 2.77. The quantitative estimate of drug-likeness (QED) is 0.725. The van der Waals surface area contributed by atoms with Crippen molar-refractivity contribution in [2.75, 3.05) is 5.73 Å². The summed E-state index contributed by atoms with van der Waals surface area (Å²) in [4.78, 5) is 4.33. The third-order valence-corrected chi connectivity index (χ3v) is 3.29. The van der Waals surface area contributed by atoms with Gasteiger partial charge >= 0.3 is 0 Å². The molecule has 1 aliphatic rings. The lowest BCUT2D eigenvalue weighted by atomic mass is 9.87. The normalized spacial score (nSPS) is 19.7. The van der Waals surface area contributed by atoms with E-state index < -0.39 is 0 Å². The van der Waals surface area contributed by atoms with E-state index in [1.54, 1.807) is 11.3 Å². The monoisotopic (exact) mass is 182 g/mol. The van der Waals surface area contributed by atoms with Crippen molar-refractivity contribution in [1.29, 1.82) is 0 Å². The van der Waals surface area contributed by atoms with Crippen molar-refractivity contribution in [3.8, 4) is 0 Å². The van der Waals surface area contributed by atoms with Crippen LogP contribution in [0, 0.1) is 0 Å². The fraction of sp³-hybridized carbons (Fsp3) is 0.667. The van der Waals surface area contributed by atoms with Crippen LogP contribution in [0.25, 0.3) is 0 Å². The molecule has 66 valence electrons. The molecule has 3 heteroatoms. The van der Waals surface area contributed by atoms with Crippen molar-refractivity contribution in [3.63, 3.8) is 0 Å². The first-order valence-electron chi connectivity index (χ1n) is 4.57. The zero-order valence-corrected chi connectivity index (χ0v) is 7.94. The minimum absolute atomic E-state index is 0.657. The van der Waals surface area contributed by atoms with Crippen LogP contribution >= 0.6 is 11.3 Å². The molecular formula is C9H14N2S. The lowest BCUT2D eigenvalue weighted by Gasteiger charge is -2.19. The summed E-state index contributed by atoms with van der Waals surface area (Å²) in [7, 11) is 0. The molecule has 0 spiro atoms. The standard InChI is InChI=1S/C9H14N2S/c10-9-8(11-6-12-9)7-4-2-1-3-5-7/h6-7H,1-5,10H2. The third-order valence-electron chi connectivity index (χ3n) is 2.62. The summed E-state index contributed by atoms with van der Waals surface area (Å²) in [5, 5.41) is 0.932. The molecule has 2 nitrogen and oxygen atoms in total. The van der Waals surface area contributed by atoms with E-state index in [0.717, 1.165) is 5.00 Å². The molecule has 0 bridgehead atoms. The second-order valence-electron chi connectivity index (χ2n) is 3.44. The SMILES string of the molecule is Nc1scnc1C1CCCCC1. The maximum Gasteiger partial charge on any atom is 0.109 e. The molecule has 0 aliphatic heterocycles. The van der Waals surface area contributed by atoms with Crippen LogP contribution in [0.2, 0.25) is 0 Å². The Balaban J connectivity index is 2.13. The first-order chi connectivity index (χ1) is 5.88. The van der Waals surface area contributed by atoms with E-state index in [0.29, 0.717) is 5.92 Å². The molecule has 1 aromatic heterocycles. The Morgan fingerprint density at radius 3 is 2.67 bits per heavy atom. The number of thiazole rings is 1. The van der Waals surface area contributed by atoms with Gasteiger partial charge in [0.1, 0.15) is 5.00 Å². The molecule has 2 N–H and O–H groups in total. The number of anilines is 1. The molecule has 1 aromatic rings. The number of rotatable bonds is 1. The van der Waals surface area contributed by atoms with E-state index in [4.69, 9.17) is 5.73 Å². The van der Waals surface area contributed by atoms with Crippen LogP contribution in [0.1, 0.15) is 43.7 Å². The summed E-state index contributed by atoms with van der Waals surface area (Å²) in [5.74, 6) is 0.657. The van der Waals surface area contributed by atoms with Crippen molar-refractivity contribution in [1.82, 2.24) is 4.98 Å². The summed E-state index contributed by atoms with van der Waals surface area (Å²) in [6, 6.07) is 0. The van der Waals surface area contributed by atoms with Gasteiger partial charge < -0.3 is 5.73 Å². The molecule has 0 aromatic carbocycles. The van der Waals surface area contributed by atoms with Gasteiger partial charge in [-0.1, -0.05) is 19.3 Å². The molecular weight excluding hydrogens is 168 g/mol. The molecule has 12 heavy (non-hydrogen) atoms. The van der Waals surface area contributed by atoms with E-state index >= 15 is 0 Å². The second kappa shape index (κ2) is 3.44. The Morgan fingerprint density at radius 2 is 2.08 bits per heavy atom. The number of nitrogens with zero attached hydrogens (tertiary/aromatic N) is 1. The number of nitrogens with two attached hydrogens (primary N) is 1. The number of nitrogen functional groups attached to an aromatic ring is 1. The lowest BCUT2D eigenvalue weighted by molar-refractivity contribution is 0.439. The maximum atomic E-state index is 5.83. The van der Waals surface area contributed by atoms with Crippen molar-refractivity contribution in [2.45, 2.75) is 38.0 Å². The molecule has 0 unspecified atom stereocenters. The van der Waals surface area contributed by atoms with E-state index in [2.05, 4.69) is 4.98 Å². The van der Waals surface area contributed by atoms with Gasteiger partial charge in [0.2, 0.25) is 0 Å². The summed E-state index contributed by atoms with van der Waals surface area (Å²) in [6.45, 7) is 0. The van der Waals surface area contributed by atoms with Crippen LogP contribution < -0.4 is 5.73 Å². The van der Waals surface area contributed by atoms with Gasteiger partial charge in [-0.3, -0.25) is 0 Å². The van der Waals surface area contributed by atoms with Crippen LogP contribution in [-0.2, 0) is 0 Å². The molecule has 0 saturated heterocycles. The van der Waals surface area contributed by atoms with Crippen LogP contribution in [0.5, 0.6) is 0 Å². The van der Waals surface area contributed by atoms with Crippen molar-refractivity contribution < 1.29 is 0 Å².